The van der Waals surface area contributed by atoms with Gasteiger partial charge in [0.1, 0.15) is 24.1 Å². The highest BCUT2D eigenvalue weighted by Crippen LogP contribution is 2.48. The number of aromatic nitrogens is 2. The first-order valence-electron chi connectivity index (χ1n) is 6.53. The van der Waals surface area contributed by atoms with Gasteiger partial charge in [-0.3, -0.25) is 18.1 Å². The summed E-state index contributed by atoms with van der Waals surface area (Å²) >= 11 is 0. The Labute approximate surface area is 131 Å². The Bertz CT molecular complexity index is 644. The first kappa shape index (κ1) is 18.0. The molecule has 1 aliphatic rings. The van der Waals surface area contributed by atoms with Gasteiger partial charge in [-0.1, -0.05) is 0 Å². The number of nitrogens with zero attached hydrogens (tertiary/aromatic N) is 2. The molecular weight excluding hydrogens is 333 g/mol. The number of nitrogens with two attached hydrogens (primary N) is 1. The summed E-state index contributed by atoms with van der Waals surface area (Å²) in [4.78, 5) is 15.3. The van der Waals surface area contributed by atoms with E-state index in [1.165, 1.54) is 12.3 Å². The summed E-state index contributed by atoms with van der Waals surface area (Å²) in [5.74, 6) is 0.0142. The molecule has 1 saturated heterocycles. The lowest BCUT2D eigenvalue weighted by Crippen LogP contribution is -2.36. The number of aliphatic hydroxyl groups excluding tert-OH is 2. The van der Waals surface area contributed by atoms with Crippen molar-refractivity contribution in [2.24, 2.45) is 0 Å². The molecule has 4 atom stereocenters. The van der Waals surface area contributed by atoms with Gasteiger partial charge in [-0.05, 0) is 6.07 Å². The van der Waals surface area contributed by atoms with Crippen LogP contribution in [-0.4, -0.2) is 58.9 Å². The molecule has 12 heteroatoms. The lowest BCUT2D eigenvalue weighted by molar-refractivity contribution is -0.0551. The van der Waals surface area contributed by atoms with E-state index in [1.807, 2.05) is 0 Å². The van der Waals surface area contributed by atoms with E-state index in [-0.39, 0.29) is 12.4 Å². The number of nitrogen functional groups attached to an aromatic ring is 1. The highest BCUT2D eigenvalue weighted by Gasteiger charge is 2.45. The van der Waals surface area contributed by atoms with Crippen LogP contribution in [0.4, 0.5) is 5.82 Å². The number of hydrogen-bond acceptors (Lipinski definition) is 10. The van der Waals surface area contributed by atoms with Crippen molar-refractivity contribution >= 4 is 13.6 Å². The van der Waals surface area contributed by atoms with Crippen molar-refractivity contribution in [2.45, 2.75) is 24.5 Å². The molecule has 2 rings (SSSR count). The van der Waals surface area contributed by atoms with Crippen molar-refractivity contribution in [2.75, 3.05) is 26.6 Å². The van der Waals surface area contributed by atoms with Crippen LogP contribution in [0.5, 0.6) is 0 Å². The Morgan fingerprint density at radius 1 is 1.39 bits per heavy atom. The van der Waals surface area contributed by atoms with Crippen LogP contribution in [0.15, 0.2) is 17.1 Å². The maximum Gasteiger partial charge on any atom is 0.474 e. The molecule has 0 bridgehead atoms. The molecule has 0 unspecified atom stereocenters. The molecule has 11 nitrogen and oxygen atoms in total. The van der Waals surface area contributed by atoms with E-state index in [0.717, 1.165) is 18.8 Å². The van der Waals surface area contributed by atoms with Crippen LogP contribution in [0.2, 0.25) is 0 Å². The van der Waals surface area contributed by atoms with Gasteiger partial charge in [0.15, 0.2) is 6.23 Å². The van der Waals surface area contributed by atoms with Gasteiger partial charge in [-0.2, -0.15) is 4.98 Å². The molecule has 1 aromatic heterocycles. The second-order valence-electron chi connectivity index (χ2n) is 4.70. The third-order valence-corrected chi connectivity index (χ3v) is 4.67. The van der Waals surface area contributed by atoms with Crippen molar-refractivity contribution in [1.82, 2.24) is 9.55 Å². The Morgan fingerprint density at radius 3 is 2.61 bits per heavy atom. The molecule has 130 valence electrons. The first-order chi connectivity index (χ1) is 10.8. The van der Waals surface area contributed by atoms with Gasteiger partial charge in [0.2, 0.25) is 0 Å². The number of ether oxygens (including phenoxy) is 1. The minimum atomic E-state index is -3.76. The van der Waals surface area contributed by atoms with E-state index < -0.39 is 38.1 Å². The van der Waals surface area contributed by atoms with Crippen molar-refractivity contribution in [3.8, 4) is 0 Å². The molecule has 0 saturated carbocycles. The molecule has 1 aromatic rings. The molecule has 0 aliphatic carbocycles. The first-order valence-corrected chi connectivity index (χ1v) is 7.99. The molecular formula is C11H18N3O8P. The average Bonchev–Trinajstić information content (AvgIpc) is 2.81. The maximum absolute atomic E-state index is 11.8. The Kier molecular flexibility index (Phi) is 5.53. The van der Waals surface area contributed by atoms with Crippen molar-refractivity contribution < 1.29 is 33.1 Å². The highest BCUT2D eigenvalue weighted by atomic mass is 31.2. The molecule has 2 heterocycles. The zero-order valence-corrected chi connectivity index (χ0v) is 13.3. The molecule has 0 spiro atoms. The fourth-order valence-electron chi connectivity index (χ4n) is 2.06. The third-order valence-electron chi connectivity index (χ3n) is 3.31. The SMILES string of the molecule is COP(=O)(OC)OC[C@H]1O[C@@H](n2ccc(N)nc2=O)[C@H](O)[C@@H]1O. The van der Waals surface area contributed by atoms with Gasteiger partial charge in [0, 0.05) is 20.4 Å². The summed E-state index contributed by atoms with van der Waals surface area (Å²) in [5, 5.41) is 20.0. The van der Waals surface area contributed by atoms with E-state index in [2.05, 4.69) is 14.0 Å². The fraction of sp³-hybridized carbons (Fsp3) is 0.636. The molecule has 4 N–H and O–H groups in total. The second kappa shape index (κ2) is 7.05. The van der Waals surface area contributed by atoms with Gasteiger partial charge in [-0.25, -0.2) is 9.36 Å². The predicted molar refractivity (Wildman–Crippen MR) is 76.4 cm³/mol. The Hall–Kier alpha value is -1.33. The average molecular weight is 351 g/mol. The van der Waals surface area contributed by atoms with Crippen LogP contribution in [0.25, 0.3) is 0 Å². The number of phosphoric ester groups is 1. The third kappa shape index (κ3) is 3.78. The van der Waals surface area contributed by atoms with E-state index >= 15 is 0 Å². The summed E-state index contributed by atoms with van der Waals surface area (Å²) < 4.78 is 32.3. The van der Waals surface area contributed by atoms with Crippen LogP contribution in [0, 0.1) is 0 Å². The topological polar surface area (TPSA) is 155 Å². The minimum Gasteiger partial charge on any atom is -0.387 e. The number of phosphoric acid groups is 1. The number of aliphatic hydroxyl groups is 2. The smallest absolute Gasteiger partial charge is 0.387 e. The number of hydrogen-bond donors (Lipinski definition) is 3. The molecule has 1 aliphatic heterocycles. The minimum absolute atomic E-state index is 0.0142. The Balaban J connectivity index is 2.12. The van der Waals surface area contributed by atoms with Gasteiger partial charge in [0.05, 0.1) is 6.61 Å². The predicted octanol–water partition coefficient (Wildman–Crippen LogP) is -1.14. The summed E-state index contributed by atoms with van der Waals surface area (Å²) in [5.41, 5.74) is 4.64. The van der Waals surface area contributed by atoms with Gasteiger partial charge < -0.3 is 20.7 Å². The van der Waals surface area contributed by atoms with E-state index in [9.17, 15) is 19.6 Å². The molecule has 0 aromatic carbocycles. The zero-order valence-electron chi connectivity index (χ0n) is 12.4. The lowest BCUT2D eigenvalue weighted by atomic mass is 10.1. The van der Waals surface area contributed by atoms with Crippen molar-refractivity contribution in [1.29, 1.82) is 0 Å². The fourth-order valence-corrected chi connectivity index (χ4v) is 2.75. The van der Waals surface area contributed by atoms with E-state index in [1.54, 1.807) is 0 Å². The largest absolute Gasteiger partial charge is 0.474 e. The van der Waals surface area contributed by atoms with Crippen LogP contribution < -0.4 is 11.4 Å². The normalized spacial score (nSPS) is 28.2. The van der Waals surface area contributed by atoms with Gasteiger partial charge in [0.25, 0.3) is 0 Å². The van der Waals surface area contributed by atoms with Crippen LogP contribution in [0.3, 0.4) is 0 Å². The van der Waals surface area contributed by atoms with Gasteiger partial charge >= 0.3 is 13.5 Å². The van der Waals surface area contributed by atoms with E-state index in [0.29, 0.717) is 0 Å². The zero-order chi connectivity index (χ0) is 17.2. The van der Waals surface area contributed by atoms with Crippen LogP contribution >= 0.6 is 7.82 Å². The number of anilines is 1. The monoisotopic (exact) mass is 351 g/mol. The number of rotatable bonds is 6. The summed E-state index contributed by atoms with van der Waals surface area (Å²) in [6.07, 6.45) is -3.77. The summed E-state index contributed by atoms with van der Waals surface area (Å²) in [7, 11) is -1.49. The van der Waals surface area contributed by atoms with Crippen molar-refractivity contribution in [3.63, 3.8) is 0 Å². The van der Waals surface area contributed by atoms with Crippen LogP contribution in [-0.2, 0) is 22.9 Å². The second-order valence-corrected chi connectivity index (χ2v) is 6.58. The van der Waals surface area contributed by atoms with Crippen LogP contribution in [0.1, 0.15) is 6.23 Å². The highest BCUT2D eigenvalue weighted by molar-refractivity contribution is 7.48. The maximum atomic E-state index is 11.8. The van der Waals surface area contributed by atoms with Crippen molar-refractivity contribution in [3.05, 3.63) is 22.7 Å². The summed E-state index contributed by atoms with van der Waals surface area (Å²) in [6, 6.07) is 1.34. The standard InChI is InChI=1S/C11H18N3O8P/c1-19-23(18,20-2)21-5-6-8(15)9(16)10(22-6)14-4-3-7(12)13-11(14)17/h3-4,6,8-10,15-16H,5H2,1-2H3,(H2,12,13,17)/t6-,8-,9-,10-/m1/s1. The molecule has 0 amide bonds. The summed E-state index contributed by atoms with van der Waals surface area (Å²) in [6.45, 7) is -0.384. The molecule has 23 heavy (non-hydrogen) atoms. The quantitative estimate of drug-likeness (QED) is 0.536. The molecule has 0 radical (unpaired) electrons. The lowest BCUT2D eigenvalue weighted by Gasteiger charge is -2.18. The van der Waals surface area contributed by atoms with Gasteiger partial charge in [-0.15, -0.1) is 0 Å². The van der Waals surface area contributed by atoms with E-state index in [4.69, 9.17) is 15.0 Å². The Morgan fingerprint density at radius 2 is 2.04 bits per heavy atom. The molecule has 1 fully saturated rings.